The number of hydrogen-bond acceptors (Lipinski definition) is 1. The molecular formula is C17H25N. The van der Waals surface area contributed by atoms with Crippen LogP contribution in [0.2, 0.25) is 0 Å². The maximum atomic E-state index is 3.53. The topological polar surface area (TPSA) is 12.0 Å². The van der Waals surface area contributed by atoms with Gasteiger partial charge in [0.2, 0.25) is 0 Å². The van der Waals surface area contributed by atoms with Gasteiger partial charge in [0.05, 0.1) is 0 Å². The summed E-state index contributed by atoms with van der Waals surface area (Å²) in [6, 6.07) is 9.92. The minimum atomic E-state index is 0.777. The van der Waals surface area contributed by atoms with Gasteiger partial charge in [-0.05, 0) is 68.5 Å². The van der Waals surface area contributed by atoms with Crippen molar-refractivity contribution in [3.8, 4) is 0 Å². The Balaban J connectivity index is 1.74. The van der Waals surface area contributed by atoms with Crippen molar-refractivity contribution < 1.29 is 0 Å². The second kappa shape index (κ2) is 5.44. The number of benzene rings is 1. The van der Waals surface area contributed by atoms with Gasteiger partial charge in [-0.2, -0.15) is 0 Å². The number of rotatable bonds is 3. The van der Waals surface area contributed by atoms with Crippen molar-refractivity contribution in [2.24, 2.45) is 5.92 Å². The molecule has 0 heterocycles. The molecule has 3 unspecified atom stereocenters. The predicted octanol–water partition coefficient (Wildman–Crippen LogP) is 3.88. The van der Waals surface area contributed by atoms with Crippen LogP contribution < -0.4 is 5.32 Å². The smallest absolute Gasteiger partial charge is 0.00925 e. The molecule has 0 bridgehead atoms. The minimum Gasteiger partial charge on any atom is -0.317 e. The predicted molar refractivity (Wildman–Crippen MR) is 76.9 cm³/mol. The van der Waals surface area contributed by atoms with Crippen LogP contribution in [-0.2, 0) is 6.42 Å². The van der Waals surface area contributed by atoms with Crippen molar-refractivity contribution in [2.45, 2.75) is 56.9 Å². The third-order valence-corrected chi connectivity index (χ3v) is 5.11. The standard InChI is InChI=1S/C17H25N/c1-18-17-11-5-9-15(17)12-14-8-4-7-13-6-2-3-10-16(13)14/h2-3,6,10,14-15,17-18H,4-5,7-9,11-12H2,1H3. The average molecular weight is 243 g/mol. The summed E-state index contributed by atoms with van der Waals surface area (Å²) >= 11 is 0. The number of nitrogens with one attached hydrogen (secondary N) is 1. The lowest BCUT2D eigenvalue weighted by molar-refractivity contribution is 0.352. The zero-order valence-electron chi connectivity index (χ0n) is 11.5. The maximum absolute atomic E-state index is 3.53. The summed E-state index contributed by atoms with van der Waals surface area (Å²) in [7, 11) is 2.14. The van der Waals surface area contributed by atoms with Crippen LogP contribution in [-0.4, -0.2) is 13.1 Å². The van der Waals surface area contributed by atoms with Gasteiger partial charge in [0.15, 0.2) is 0 Å². The van der Waals surface area contributed by atoms with Crippen molar-refractivity contribution in [3.63, 3.8) is 0 Å². The van der Waals surface area contributed by atoms with Crippen LogP contribution in [0.4, 0.5) is 0 Å². The van der Waals surface area contributed by atoms with Gasteiger partial charge < -0.3 is 5.32 Å². The van der Waals surface area contributed by atoms with Crippen LogP contribution in [0.1, 0.15) is 55.6 Å². The number of fused-ring (bicyclic) bond motifs is 1. The molecule has 1 aromatic carbocycles. The molecule has 0 aliphatic heterocycles. The molecule has 1 nitrogen and oxygen atoms in total. The minimum absolute atomic E-state index is 0.777. The lowest BCUT2D eigenvalue weighted by Gasteiger charge is -2.29. The molecule has 1 heteroatoms. The highest BCUT2D eigenvalue weighted by atomic mass is 14.9. The lowest BCUT2D eigenvalue weighted by atomic mass is 9.77. The van der Waals surface area contributed by atoms with Gasteiger partial charge in [-0.1, -0.05) is 30.7 Å². The van der Waals surface area contributed by atoms with Crippen LogP contribution in [0.5, 0.6) is 0 Å². The van der Waals surface area contributed by atoms with Crippen molar-refractivity contribution in [1.29, 1.82) is 0 Å². The van der Waals surface area contributed by atoms with Crippen LogP contribution >= 0.6 is 0 Å². The van der Waals surface area contributed by atoms with Crippen LogP contribution in [0.15, 0.2) is 24.3 Å². The third-order valence-electron chi connectivity index (χ3n) is 5.11. The highest BCUT2D eigenvalue weighted by molar-refractivity contribution is 5.32. The Morgan fingerprint density at radius 3 is 2.89 bits per heavy atom. The van der Waals surface area contributed by atoms with Gasteiger partial charge in [0, 0.05) is 6.04 Å². The number of hydrogen-bond donors (Lipinski definition) is 1. The first kappa shape index (κ1) is 12.2. The van der Waals surface area contributed by atoms with E-state index in [0.29, 0.717) is 0 Å². The zero-order valence-corrected chi connectivity index (χ0v) is 11.5. The third kappa shape index (κ3) is 2.33. The lowest BCUT2D eigenvalue weighted by Crippen LogP contribution is -2.30. The van der Waals surface area contributed by atoms with E-state index in [0.717, 1.165) is 17.9 Å². The van der Waals surface area contributed by atoms with Crippen molar-refractivity contribution in [3.05, 3.63) is 35.4 Å². The van der Waals surface area contributed by atoms with E-state index in [2.05, 4.69) is 36.6 Å². The normalized spacial score (nSPS) is 31.3. The molecule has 1 fully saturated rings. The summed E-state index contributed by atoms with van der Waals surface area (Å²) in [6.45, 7) is 0. The Bertz CT molecular complexity index is 398. The molecule has 3 atom stereocenters. The molecular weight excluding hydrogens is 218 g/mol. The molecule has 0 spiro atoms. The van der Waals surface area contributed by atoms with Crippen LogP contribution in [0.3, 0.4) is 0 Å². The Labute approximate surface area is 111 Å². The molecule has 1 aromatic rings. The molecule has 98 valence electrons. The second-order valence-corrected chi connectivity index (χ2v) is 6.11. The largest absolute Gasteiger partial charge is 0.317 e. The van der Waals surface area contributed by atoms with Gasteiger partial charge in [0.25, 0.3) is 0 Å². The Morgan fingerprint density at radius 1 is 1.11 bits per heavy atom. The molecule has 18 heavy (non-hydrogen) atoms. The van der Waals surface area contributed by atoms with E-state index in [1.54, 1.807) is 11.1 Å². The molecule has 0 aromatic heterocycles. The molecule has 0 saturated heterocycles. The van der Waals surface area contributed by atoms with Gasteiger partial charge in [-0.15, -0.1) is 0 Å². The van der Waals surface area contributed by atoms with E-state index in [-0.39, 0.29) is 0 Å². The fraction of sp³-hybridized carbons (Fsp3) is 0.647. The molecule has 1 saturated carbocycles. The van der Waals surface area contributed by atoms with Gasteiger partial charge in [-0.3, -0.25) is 0 Å². The molecule has 1 N–H and O–H groups in total. The van der Waals surface area contributed by atoms with Gasteiger partial charge >= 0.3 is 0 Å². The van der Waals surface area contributed by atoms with E-state index in [9.17, 15) is 0 Å². The summed E-state index contributed by atoms with van der Waals surface area (Å²) < 4.78 is 0. The van der Waals surface area contributed by atoms with Gasteiger partial charge in [-0.25, -0.2) is 0 Å². The molecule has 0 radical (unpaired) electrons. The number of aryl methyl sites for hydroxylation is 1. The Kier molecular flexibility index (Phi) is 3.69. The average Bonchev–Trinajstić information content (AvgIpc) is 2.86. The highest BCUT2D eigenvalue weighted by Gasteiger charge is 2.30. The molecule has 0 amide bonds. The quantitative estimate of drug-likeness (QED) is 0.849. The first-order chi connectivity index (χ1) is 8.88. The van der Waals surface area contributed by atoms with Crippen molar-refractivity contribution >= 4 is 0 Å². The second-order valence-electron chi connectivity index (χ2n) is 6.11. The monoisotopic (exact) mass is 243 g/mol. The highest BCUT2D eigenvalue weighted by Crippen LogP contribution is 2.40. The van der Waals surface area contributed by atoms with E-state index < -0.39 is 0 Å². The molecule has 2 aliphatic carbocycles. The Hall–Kier alpha value is -0.820. The Morgan fingerprint density at radius 2 is 2.00 bits per heavy atom. The SMILES string of the molecule is CNC1CCCC1CC1CCCc2ccccc21. The van der Waals surface area contributed by atoms with Gasteiger partial charge in [0.1, 0.15) is 0 Å². The van der Waals surface area contributed by atoms with E-state index >= 15 is 0 Å². The fourth-order valence-corrected chi connectivity index (χ4v) is 4.16. The van der Waals surface area contributed by atoms with Crippen LogP contribution in [0, 0.1) is 5.92 Å². The molecule has 2 aliphatic rings. The zero-order chi connectivity index (χ0) is 12.4. The van der Waals surface area contributed by atoms with E-state index in [4.69, 9.17) is 0 Å². The fourth-order valence-electron chi connectivity index (χ4n) is 4.16. The van der Waals surface area contributed by atoms with E-state index in [1.807, 2.05) is 0 Å². The summed E-state index contributed by atoms with van der Waals surface area (Å²) in [6.07, 6.45) is 9.74. The van der Waals surface area contributed by atoms with Crippen LogP contribution in [0.25, 0.3) is 0 Å². The summed E-state index contributed by atoms with van der Waals surface area (Å²) in [5.41, 5.74) is 3.28. The summed E-state index contributed by atoms with van der Waals surface area (Å²) in [5, 5.41) is 3.53. The molecule has 3 rings (SSSR count). The van der Waals surface area contributed by atoms with E-state index in [1.165, 1.54) is 44.9 Å². The maximum Gasteiger partial charge on any atom is 0.00925 e. The summed E-state index contributed by atoms with van der Waals surface area (Å²) in [4.78, 5) is 0. The van der Waals surface area contributed by atoms with Crippen molar-refractivity contribution in [1.82, 2.24) is 5.32 Å². The first-order valence-electron chi connectivity index (χ1n) is 7.63. The first-order valence-corrected chi connectivity index (χ1v) is 7.63. The summed E-state index contributed by atoms with van der Waals surface area (Å²) in [5.74, 6) is 1.74. The van der Waals surface area contributed by atoms with Crippen molar-refractivity contribution in [2.75, 3.05) is 7.05 Å².